The number of rotatable bonds is 1. The third-order valence-corrected chi connectivity index (χ3v) is 6.65. The van der Waals surface area contributed by atoms with Gasteiger partial charge < -0.3 is 30.5 Å². The molecule has 0 fully saturated rings. The quantitative estimate of drug-likeness (QED) is 0.352. The molecule has 174 valence electrons. The molecular weight excluding hydrogens is 481 g/mol. The second-order valence-electron chi connectivity index (χ2n) is 8.65. The maximum Gasteiger partial charge on any atom is 2.00 e. The summed E-state index contributed by atoms with van der Waals surface area (Å²) in [6.45, 7) is 19.4. The summed E-state index contributed by atoms with van der Waals surface area (Å²) < 4.78 is 0. The standard InChI is InChI=1S/C20H21.C9H12N.2ClH.Ti/c1-12-13(2)15(4)20(14(12)3)19-11-10-17-8-6-7-9-18(17)16(19)5;1-6-4-7(2)9(10)8(3)5-6;;;/h6-11,14H,5H2,1-4H3;4-5,10H,1-3H3;2*1H;/q2*-1;;;+2/p-2. The van der Waals surface area contributed by atoms with Crippen molar-refractivity contribution in [3.63, 3.8) is 0 Å². The summed E-state index contributed by atoms with van der Waals surface area (Å²) >= 11 is 0. The summed E-state index contributed by atoms with van der Waals surface area (Å²) in [6, 6.07) is 17.0. The molecule has 0 radical (unpaired) electrons. The molecule has 1 aliphatic rings. The van der Waals surface area contributed by atoms with Crippen LogP contribution in [0, 0.1) is 33.6 Å². The fourth-order valence-corrected chi connectivity index (χ4v) is 4.57. The number of fused-ring (bicyclic) bond motifs is 1. The first-order valence-corrected chi connectivity index (χ1v) is 10.7. The Morgan fingerprint density at radius 3 is 1.85 bits per heavy atom. The average molecular weight is 514 g/mol. The van der Waals surface area contributed by atoms with Crippen LogP contribution < -0.4 is 24.8 Å². The number of hydrogen-bond acceptors (Lipinski definition) is 0. The van der Waals surface area contributed by atoms with E-state index in [0.29, 0.717) is 11.6 Å². The van der Waals surface area contributed by atoms with Crippen LogP contribution in [0.1, 0.15) is 55.5 Å². The molecule has 0 bridgehead atoms. The zero-order chi connectivity index (χ0) is 22.2. The molecular formula is C29H33Cl2NTi-2. The van der Waals surface area contributed by atoms with Gasteiger partial charge in [-0.05, 0) is 53.0 Å². The number of halogens is 2. The van der Waals surface area contributed by atoms with Crippen LogP contribution in [0.3, 0.4) is 0 Å². The van der Waals surface area contributed by atoms with Crippen LogP contribution in [-0.2, 0) is 21.7 Å². The van der Waals surface area contributed by atoms with E-state index in [2.05, 4.69) is 77.9 Å². The molecule has 0 heterocycles. The molecule has 4 rings (SSSR count). The van der Waals surface area contributed by atoms with Crippen molar-refractivity contribution in [2.45, 2.75) is 48.5 Å². The van der Waals surface area contributed by atoms with Gasteiger partial charge in [-0.25, -0.2) is 0 Å². The molecule has 0 spiro atoms. The Kier molecular flexibility index (Phi) is 12.1. The van der Waals surface area contributed by atoms with Crippen molar-refractivity contribution < 1.29 is 46.5 Å². The Labute approximate surface area is 227 Å². The van der Waals surface area contributed by atoms with Gasteiger partial charge >= 0.3 is 21.7 Å². The summed E-state index contributed by atoms with van der Waals surface area (Å²) in [7, 11) is 0. The van der Waals surface area contributed by atoms with Crippen LogP contribution in [0.5, 0.6) is 0 Å². The van der Waals surface area contributed by atoms with Crippen LogP contribution >= 0.6 is 0 Å². The van der Waals surface area contributed by atoms with Gasteiger partial charge in [-0.3, -0.25) is 0 Å². The van der Waals surface area contributed by atoms with Crippen LogP contribution in [0.15, 0.2) is 65.3 Å². The van der Waals surface area contributed by atoms with Gasteiger partial charge in [0.05, 0.1) is 0 Å². The maximum absolute atomic E-state index is 7.54. The molecule has 1 nitrogen and oxygen atoms in total. The number of benzene rings is 3. The van der Waals surface area contributed by atoms with Crippen molar-refractivity contribution in [1.29, 1.82) is 0 Å². The Morgan fingerprint density at radius 1 is 0.788 bits per heavy atom. The average Bonchev–Trinajstić information content (AvgIpc) is 2.90. The van der Waals surface area contributed by atoms with Crippen LogP contribution in [-0.4, -0.2) is 0 Å². The number of aryl methyl sites for hydroxylation is 3. The summed E-state index contributed by atoms with van der Waals surface area (Å²) in [5.74, 6) is 0.497. The second-order valence-corrected chi connectivity index (χ2v) is 8.65. The fourth-order valence-electron chi connectivity index (χ4n) is 4.57. The third kappa shape index (κ3) is 6.28. The zero-order valence-electron chi connectivity index (χ0n) is 20.7. The minimum Gasteiger partial charge on any atom is -1.00 e. The number of allylic oxidation sites excluding steroid dienone is 4. The SMILES string of the molecule is Cc1cc(C)c([NH-])c(C)c1.[CH2-]c1c(C2=C(C)C(C)=C(C)C2C)ccc2ccccc12.[Cl-].[Cl-].[Ti+2]. The molecule has 4 heteroatoms. The van der Waals surface area contributed by atoms with Crippen molar-refractivity contribution >= 4 is 22.0 Å². The van der Waals surface area contributed by atoms with Crippen molar-refractivity contribution in [3.05, 3.63) is 106 Å². The molecule has 3 aromatic carbocycles. The first-order chi connectivity index (χ1) is 14.1. The van der Waals surface area contributed by atoms with E-state index in [-0.39, 0.29) is 46.5 Å². The van der Waals surface area contributed by atoms with Gasteiger partial charge in [-0.1, -0.05) is 82.1 Å². The monoisotopic (exact) mass is 513 g/mol. The molecule has 3 aromatic rings. The van der Waals surface area contributed by atoms with Gasteiger partial charge in [0, 0.05) is 0 Å². The van der Waals surface area contributed by atoms with E-state index in [1.165, 1.54) is 44.2 Å². The van der Waals surface area contributed by atoms with Gasteiger partial charge in [-0.2, -0.15) is 12.5 Å². The van der Waals surface area contributed by atoms with E-state index in [4.69, 9.17) is 5.73 Å². The molecule has 0 amide bonds. The summed E-state index contributed by atoms with van der Waals surface area (Å²) in [5.41, 5.74) is 19.9. The molecule has 0 saturated heterocycles. The van der Waals surface area contributed by atoms with E-state index in [1.807, 2.05) is 26.0 Å². The van der Waals surface area contributed by atoms with Crippen LogP contribution in [0.2, 0.25) is 0 Å². The molecule has 1 unspecified atom stereocenters. The van der Waals surface area contributed by atoms with E-state index in [0.717, 1.165) is 16.7 Å². The van der Waals surface area contributed by atoms with Crippen molar-refractivity contribution in [2.75, 3.05) is 0 Å². The van der Waals surface area contributed by atoms with Gasteiger partial charge in [0.15, 0.2) is 0 Å². The predicted octanol–water partition coefficient (Wildman–Crippen LogP) is 3.08. The van der Waals surface area contributed by atoms with E-state index in [1.54, 1.807) is 0 Å². The second kappa shape index (κ2) is 12.7. The number of hydrogen-bond donors (Lipinski definition) is 0. The van der Waals surface area contributed by atoms with Crippen molar-refractivity contribution in [3.8, 4) is 0 Å². The molecule has 0 aromatic heterocycles. The van der Waals surface area contributed by atoms with Gasteiger partial charge in [0.1, 0.15) is 0 Å². The molecule has 1 atom stereocenters. The summed E-state index contributed by atoms with van der Waals surface area (Å²) in [5, 5.41) is 2.53. The maximum atomic E-state index is 7.54. The van der Waals surface area contributed by atoms with E-state index in [9.17, 15) is 0 Å². The van der Waals surface area contributed by atoms with Crippen LogP contribution in [0.4, 0.5) is 5.69 Å². The zero-order valence-corrected chi connectivity index (χ0v) is 23.7. The van der Waals surface area contributed by atoms with Crippen LogP contribution in [0.25, 0.3) is 22.1 Å². The first kappa shape index (κ1) is 31.4. The predicted molar refractivity (Wildman–Crippen MR) is 133 cm³/mol. The topological polar surface area (TPSA) is 23.8 Å². The molecule has 33 heavy (non-hydrogen) atoms. The van der Waals surface area contributed by atoms with Gasteiger partial charge in [0.2, 0.25) is 0 Å². The fraction of sp³-hybridized carbons (Fsp3) is 0.276. The van der Waals surface area contributed by atoms with E-state index >= 15 is 0 Å². The Bertz CT molecular complexity index is 1170. The van der Waals surface area contributed by atoms with E-state index < -0.39 is 0 Å². The Hall–Kier alpha value is -1.64. The third-order valence-electron chi connectivity index (χ3n) is 6.65. The Morgan fingerprint density at radius 2 is 1.33 bits per heavy atom. The minimum atomic E-state index is 0. The Balaban J connectivity index is 0.000000681. The smallest absolute Gasteiger partial charge is 1.00 e. The van der Waals surface area contributed by atoms with Gasteiger partial charge in [-0.15, -0.1) is 28.8 Å². The summed E-state index contributed by atoms with van der Waals surface area (Å²) in [4.78, 5) is 0. The largest absolute Gasteiger partial charge is 2.00 e. The summed E-state index contributed by atoms with van der Waals surface area (Å²) in [6.07, 6.45) is 0. The first-order valence-electron chi connectivity index (χ1n) is 10.7. The van der Waals surface area contributed by atoms with Gasteiger partial charge in [0.25, 0.3) is 0 Å². The molecule has 0 aliphatic heterocycles. The normalized spacial score (nSPS) is 14.7. The van der Waals surface area contributed by atoms with Crippen molar-refractivity contribution in [1.82, 2.24) is 0 Å². The number of nitrogens with one attached hydrogen (secondary N) is 1. The molecule has 0 saturated carbocycles. The molecule has 1 N–H and O–H groups in total. The van der Waals surface area contributed by atoms with Crippen molar-refractivity contribution in [2.24, 2.45) is 5.92 Å². The minimum absolute atomic E-state index is 0. The molecule has 1 aliphatic carbocycles.